The van der Waals surface area contributed by atoms with Gasteiger partial charge in [0.05, 0.1) is 7.11 Å². The summed E-state index contributed by atoms with van der Waals surface area (Å²) in [5.41, 5.74) is 10.1. The quantitative estimate of drug-likeness (QED) is 0.640. The number of amides is 2. The van der Waals surface area contributed by atoms with Crippen molar-refractivity contribution in [3.05, 3.63) is 59.2 Å². The first kappa shape index (κ1) is 23.3. The first-order chi connectivity index (χ1) is 16.0. The minimum absolute atomic E-state index is 0.0362. The van der Waals surface area contributed by atoms with Crippen molar-refractivity contribution in [1.29, 1.82) is 0 Å². The van der Waals surface area contributed by atoms with Gasteiger partial charge in [0.15, 0.2) is 0 Å². The maximum atomic E-state index is 12.7. The van der Waals surface area contributed by atoms with Gasteiger partial charge in [0.1, 0.15) is 5.75 Å². The van der Waals surface area contributed by atoms with Crippen molar-refractivity contribution >= 4 is 17.5 Å². The number of hydrogen-bond acceptors (Lipinski definition) is 4. The second-order valence-electron chi connectivity index (χ2n) is 9.37. The van der Waals surface area contributed by atoms with E-state index in [1.54, 1.807) is 7.11 Å². The van der Waals surface area contributed by atoms with Gasteiger partial charge in [-0.3, -0.25) is 9.59 Å². The lowest BCUT2D eigenvalue weighted by Gasteiger charge is -2.30. The molecule has 0 radical (unpaired) electrons. The average Bonchev–Trinajstić information content (AvgIpc) is 2.83. The van der Waals surface area contributed by atoms with Crippen LogP contribution in [0.1, 0.15) is 54.7 Å². The molecule has 1 aliphatic heterocycles. The van der Waals surface area contributed by atoms with Gasteiger partial charge in [-0.05, 0) is 98.5 Å². The van der Waals surface area contributed by atoms with Crippen LogP contribution in [0.15, 0.2) is 42.5 Å². The fraction of sp³-hybridized carbons (Fsp3) is 0.481. The highest BCUT2D eigenvalue weighted by Gasteiger charge is 2.24. The summed E-state index contributed by atoms with van der Waals surface area (Å²) in [5, 5.41) is 3.07. The highest BCUT2D eigenvalue weighted by Crippen LogP contribution is 2.36. The van der Waals surface area contributed by atoms with E-state index in [2.05, 4.69) is 34.5 Å². The Bertz CT molecular complexity index is 965. The van der Waals surface area contributed by atoms with Crippen LogP contribution in [0.5, 0.6) is 5.75 Å². The van der Waals surface area contributed by atoms with Crippen molar-refractivity contribution in [3.8, 4) is 5.75 Å². The molecule has 1 fully saturated rings. The number of primary amides is 1. The summed E-state index contributed by atoms with van der Waals surface area (Å²) in [6.07, 6.45) is 6.38. The number of nitrogens with two attached hydrogens (primary N) is 1. The van der Waals surface area contributed by atoms with Crippen molar-refractivity contribution in [2.45, 2.75) is 50.9 Å². The van der Waals surface area contributed by atoms with Gasteiger partial charge in [0.25, 0.3) is 0 Å². The molecule has 2 amide bonds. The number of nitrogens with one attached hydrogen (secondary N) is 1. The fourth-order valence-corrected chi connectivity index (χ4v) is 5.15. The van der Waals surface area contributed by atoms with E-state index in [1.165, 1.54) is 16.7 Å². The molecule has 0 spiro atoms. The zero-order valence-electron chi connectivity index (χ0n) is 19.5. The first-order valence-electron chi connectivity index (χ1n) is 12.1. The number of piperidine rings is 1. The van der Waals surface area contributed by atoms with E-state index < -0.39 is 0 Å². The number of ether oxygens (including phenoxy) is 1. The maximum absolute atomic E-state index is 12.7. The third-order valence-electron chi connectivity index (χ3n) is 7.16. The molecule has 1 saturated heterocycles. The summed E-state index contributed by atoms with van der Waals surface area (Å²) >= 11 is 0. The molecule has 1 atom stereocenters. The third-order valence-corrected chi connectivity index (χ3v) is 7.16. The van der Waals surface area contributed by atoms with Crippen molar-refractivity contribution in [2.24, 2.45) is 11.7 Å². The molecule has 4 rings (SSSR count). The van der Waals surface area contributed by atoms with E-state index in [0.29, 0.717) is 6.42 Å². The Balaban J connectivity index is 1.25. The Morgan fingerprint density at radius 1 is 1.09 bits per heavy atom. The van der Waals surface area contributed by atoms with Crippen LogP contribution in [0.2, 0.25) is 0 Å². The summed E-state index contributed by atoms with van der Waals surface area (Å²) in [7, 11) is 1.69. The number of likely N-dealkylation sites (tertiary alicyclic amines) is 1. The molecule has 2 aliphatic rings. The Hall–Kier alpha value is -2.86. The second kappa shape index (κ2) is 10.8. The van der Waals surface area contributed by atoms with Crippen molar-refractivity contribution < 1.29 is 14.3 Å². The first-order valence-corrected chi connectivity index (χ1v) is 12.1. The smallest absolute Gasteiger partial charge is 0.224 e. The molecule has 2 aromatic carbocycles. The van der Waals surface area contributed by atoms with Gasteiger partial charge in [0, 0.05) is 24.6 Å². The van der Waals surface area contributed by atoms with E-state index in [9.17, 15) is 9.59 Å². The van der Waals surface area contributed by atoms with Gasteiger partial charge in [-0.2, -0.15) is 0 Å². The van der Waals surface area contributed by atoms with Gasteiger partial charge in [-0.1, -0.05) is 18.2 Å². The van der Waals surface area contributed by atoms with Crippen LogP contribution in [0.25, 0.3) is 0 Å². The minimum Gasteiger partial charge on any atom is -0.497 e. The number of hydrogen-bond donors (Lipinski definition) is 2. The largest absolute Gasteiger partial charge is 0.497 e. The van der Waals surface area contributed by atoms with Gasteiger partial charge in [-0.25, -0.2) is 0 Å². The Labute approximate surface area is 196 Å². The Morgan fingerprint density at radius 2 is 1.85 bits per heavy atom. The molecule has 1 aliphatic carbocycles. The molecule has 2 aromatic rings. The van der Waals surface area contributed by atoms with Crippen LogP contribution in [0.4, 0.5) is 5.69 Å². The number of anilines is 1. The molecule has 6 nitrogen and oxygen atoms in total. The van der Waals surface area contributed by atoms with Crippen molar-refractivity contribution in [3.63, 3.8) is 0 Å². The SMILES string of the molecule is COc1ccc2c(c1)CCCC2CC(=O)Nc1ccc(CCN2CCC(C(N)=O)CC2)cc1. The molecule has 176 valence electrons. The zero-order chi connectivity index (χ0) is 23.2. The van der Waals surface area contributed by atoms with Crippen LogP contribution >= 0.6 is 0 Å². The summed E-state index contributed by atoms with van der Waals surface area (Å²) in [4.78, 5) is 26.4. The topological polar surface area (TPSA) is 84.7 Å². The molecule has 1 unspecified atom stereocenters. The molecular weight excluding hydrogens is 414 g/mol. The highest BCUT2D eigenvalue weighted by molar-refractivity contribution is 5.91. The van der Waals surface area contributed by atoms with Crippen LogP contribution in [-0.2, 0) is 22.4 Å². The van der Waals surface area contributed by atoms with Gasteiger partial charge in [0.2, 0.25) is 11.8 Å². The summed E-state index contributed by atoms with van der Waals surface area (Å²) in [6.45, 7) is 2.83. The molecular formula is C27H35N3O3. The molecule has 6 heteroatoms. The molecule has 33 heavy (non-hydrogen) atoms. The van der Waals surface area contributed by atoms with Crippen LogP contribution in [0, 0.1) is 5.92 Å². The summed E-state index contributed by atoms with van der Waals surface area (Å²) in [5.74, 6) is 1.08. The summed E-state index contributed by atoms with van der Waals surface area (Å²) in [6, 6.07) is 14.4. The highest BCUT2D eigenvalue weighted by atomic mass is 16.5. The van der Waals surface area contributed by atoms with E-state index >= 15 is 0 Å². The minimum atomic E-state index is -0.166. The number of carbonyl (C=O) groups is 2. The number of rotatable bonds is 8. The predicted octanol–water partition coefficient (Wildman–Crippen LogP) is 3.88. The normalized spacial score (nSPS) is 19.0. The molecule has 0 saturated carbocycles. The molecule has 1 heterocycles. The second-order valence-corrected chi connectivity index (χ2v) is 9.37. The van der Waals surface area contributed by atoms with Gasteiger partial charge >= 0.3 is 0 Å². The van der Waals surface area contributed by atoms with E-state index in [4.69, 9.17) is 10.5 Å². The van der Waals surface area contributed by atoms with Crippen LogP contribution in [-0.4, -0.2) is 43.5 Å². The van der Waals surface area contributed by atoms with Crippen LogP contribution in [0.3, 0.4) is 0 Å². The molecule has 0 aromatic heterocycles. The number of methoxy groups -OCH3 is 1. The number of carbonyl (C=O) groups excluding carboxylic acids is 2. The number of aryl methyl sites for hydroxylation is 1. The average molecular weight is 450 g/mol. The Morgan fingerprint density at radius 3 is 2.55 bits per heavy atom. The van der Waals surface area contributed by atoms with Crippen molar-refractivity contribution in [2.75, 3.05) is 32.1 Å². The standard InChI is InChI=1S/C27H35N3O3/c1-33-24-9-10-25-21(17-24)3-2-4-22(25)18-26(31)29-23-7-5-19(6-8-23)11-14-30-15-12-20(13-16-30)27(28)32/h5-10,17,20,22H,2-4,11-16,18H2,1H3,(H2,28,32)(H,29,31). The lowest BCUT2D eigenvalue weighted by molar-refractivity contribution is -0.123. The van der Waals surface area contributed by atoms with Crippen molar-refractivity contribution in [1.82, 2.24) is 4.90 Å². The fourth-order valence-electron chi connectivity index (χ4n) is 5.15. The zero-order valence-corrected chi connectivity index (χ0v) is 19.5. The molecule has 0 bridgehead atoms. The number of nitrogens with zero attached hydrogens (tertiary/aromatic N) is 1. The lowest BCUT2D eigenvalue weighted by atomic mass is 9.81. The lowest BCUT2D eigenvalue weighted by Crippen LogP contribution is -2.39. The number of fused-ring (bicyclic) bond motifs is 1. The Kier molecular flexibility index (Phi) is 7.65. The molecule has 3 N–H and O–H groups in total. The van der Waals surface area contributed by atoms with Gasteiger partial charge in [-0.15, -0.1) is 0 Å². The monoisotopic (exact) mass is 449 g/mol. The maximum Gasteiger partial charge on any atom is 0.224 e. The van der Waals surface area contributed by atoms with Gasteiger partial charge < -0.3 is 20.7 Å². The number of benzene rings is 2. The predicted molar refractivity (Wildman–Crippen MR) is 130 cm³/mol. The summed E-state index contributed by atoms with van der Waals surface area (Å²) < 4.78 is 5.35. The third kappa shape index (κ3) is 6.14. The van der Waals surface area contributed by atoms with E-state index in [0.717, 1.165) is 69.6 Å². The van der Waals surface area contributed by atoms with E-state index in [-0.39, 0.29) is 23.7 Å². The van der Waals surface area contributed by atoms with E-state index in [1.807, 2.05) is 18.2 Å². The van der Waals surface area contributed by atoms with Crippen LogP contribution < -0.4 is 15.8 Å².